The third kappa shape index (κ3) is 5.10. The molecular formula is C18H33N3O3. The lowest BCUT2D eigenvalue weighted by Crippen LogP contribution is -2.58. The van der Waals surface area contributed by atoms with Crippen LogP contribution in [-0.4, -0.2) is 53.2 Å². The highest BCUT2D eigenvalue weighted by atomic mass is 16.4. The van der Waals surface area contributed by atoms with Crippen LogP contribution < -0.4 is 10.6 Å². The fraction of sp³-hybridized carbons (Fsp3) is 0.889. The second-order valence-corrected chi connectivity index (χ2v) is 8.39. The van der Waals surface area contributed by atoms with Gasteiger partial charge in [0.25, 0.3) is 0 Å². The normalized spacial score (nSPS) is 32.0. The average Bonchev–Trinajstić information content (AvgIpc) is 2.42. The molecule has 0 spiro atoms. The number of hydrogen-bond acceptors (Lipinski definition) is 3. The number of carboxylic acid groups (broad SMARTS) is 1. The zero-order chi connectivity index (χ0) is 17.9. The molecule has 24 heavy (non-hydrogen) atoms. The fourth-order valence-electron chi connectivity index (χ4n) is 4.23. The van der Waals surface area contributed by atoms with Gasteiger partial charge in [0.15, 0.2) is 0 Å². The predicted molar refractivity (Wildman–Crippen MR) is 93.9 cm³/mol. The van der Waals surface area contributed by atoms with E-state index in [0.29, 0.717) is 11.3 Å². The number of carbonyl (C=O) groups excluding carboxylic acids is 1. The quantitative estimate of drug-likeness (QED) is 0.694. The summed E-state index contributed by atoms with van der Waals surface area (Å²) in [6.45, 7) is 9.59. The summed E-state index contributed by atoms with van der Waals surface area (Å²) in [7, 11) is 0. The minimum absolute atomic E-state index is 0.0729. The summed E-state index contributed by atoms with van der Waals surface area (Å²) in [5.74, 6) is -0.292. The van der Waals surface area contributed by atoms with Crippen molar-refractivity contribution >= 4 is 12.0 Å². The van der Waals surface area contributed by atoms with Gasteiger partial charge in [-0.1, -0.05) is 27.7 Å². The van der Waals surface area contributed by atoms with Crippen LogP contribution in [0.5, 0.6) is 0 Å². The molecule has 3 N–H and O–H groups in total. The topological polar surface area (TPSA) is 81.7 Å². The lowest BCUT2D eigenvalue weighted by molar-refractivity contribution is -0.139. The van der Waals surface area contributed by atoms with Crippen molar-refractivity contribution in [3.05, 3.63) is 0 Å². The Morgan fingerprint density at radius 1 is 1.25 bits per heavy atom. The van der Waals surface area contributed by atoms with Crippen molar-refractivity contribution in [2.24, 2.45) is 11.3 Å². The third-order valence-corrected chi connectivity index (χ3v) is 5.72. The van der Waals surface area contributed by atoms with E-state index in [1.54, 1.807) is 0 Å². The van der Waals surface area contributed by atoms with Crippen LogP contribution in [0.2, 0.25) is 0 Å². The van der Waals surface area contributed by atoms with Crippen LogP contribution in [0.15, 0.2) is 0 Å². The SMILES string of the molecule is CCN(CC(=O)O)C1CC(NC(=O)NC2CCC(C)(C)CC2C)C1. The van der Waals surface area contributed by atoms with Gasteiger partial charge in [-0.3, -0.25) is 9.69 Å². The first-order chi connectivity index (χ1) is 11.2. The molecule has 2 atom stereocenters. The van der Waals surface area contributed by atoms with Gasteiger partial charge in [0.1, 0.15) is 0 Å². The maximum Gasteiger partial charge on any atom is 0.317 e. The van der Waals surface area contributed by atoms with E-state index in [4.69, 9.17) is 5.11 Å². The molecule has 138 valence electrons. The number of rotatable bonds is 6. The van der Waals surface area contributed by atoms with E-state index >= 15 is 0 Å². The molecule has 0 aliphatic heterocycles. The van der Waals surface area contributed by atoms with E-state index < -0.39 is 5.97 Å². The lowest BCUT2D eigenvalue weighted by atomic mass is 9.70. The molecule has 0 aromatic rings. The maximum atomic E-state index is 12.2. The minimum Gasteiger partial charge on any atom is -0.480 e. The van der Waals surface area contributed by atoms with Crippen molar-refractivity contribution in [2.45, 2.75) is 77.9 Å². The first-order valence-electron chi connectivity index (χ1n) is 9.23. The first kappa shape index (κ1) is 19.0. The Balaban J connectivity index is 1.70. The summed E-state index contributed by atoms with van der Waals surface area (Å²) >= 11 is 0. The Bertz CT molecular complexity index is 460. The zero-order valence-electron chi connectivity index (χ0n) is 15.5. The smallest absolute Gasteiger partial charge is 0.317 e. The fourth-order valence-corrected chi connectivity index (χ4v) is 4.23. The minimum atomic E-state index is -0.791. The van der Waals surface area contributed by atoms with E-state index in [0.717, 1.165) is 38.6 Å². The van der Waals surface area contributed by atoms with Crippen LogP contribution in [0.3, 0.4) is 0 Å². The molecule has 6 nitrogen and oxygen atoms in total. The van der Waals surface area contributed by atoms with Crippen molar-refractivity contribution in [1.82, 2.24) is 15.5 Å². The Kier molecular flexibility index (Phi) is 6.12. The number of likely N-dealkylation sites (N-methyl/N-ethyl adjacent to an activating group) is 1. The summed E-state index contributed by atoms with van der Waals surface area (Å²) in [5.41, 5.74) is 0.378. The van der Waals surface area contributed by atoms with Gasteiger partial charge in [0.2, 0.25) is 0 Å². The number of amides is 2. The number of carbonyl (C=O) groups is 2. The molecule has 6 heteroatoms. The van der Waals surface area contributed by atoms with E-state index in [1.807, 2.05) is 11.8 Å². The van der Waals surface area contributed by atoms with Crippen LogP contribution in [0.1, 0.15) is 59.8 Å². The van der Waals surface area contributed by atoms with Crippen molar-refractivity contribution in [3.8, 4) is 0 Å². The lowest BCUT2D eigenvalue weighted by Gasteiger charge is -2.43. The van der Waals surface area contributed by atoms with Crippen molar-refractivity contribution in [2.75, 3.05) is 13.1 Å². The van der Waals surface area contributed by atoms with Gasteiger partial charge in [0.05, 0.1) is 6.54 Å². The molecule has 0 aromatic carbocycles. The molecule has 2 rings (SSSR count). The maximum absolute atomic E-state index is 12.2. The predicted octanol–water partition coefficient (Wildman–Crippen LogP) is 2.44. The second kappa shape index (κ2) is 7.72. The molecule has 2 saturated carbocycles. The van der Waals surface area contributed by atoms with Crippen LogP contribution in [0.25, 0.3) is 0 Å². The summed E-state index contributed by atoms with van der Waals surface area (Å²) in [4.78, 5) is 25.0. The summed E-state index contributed by atoms with van der Waals surface area (Å²) in [6, 6.07) is 0.614. The first-order valence-corrected chi connectivity index (χ1v) is 9.23. The molecular weight excluding hydrogens is 306 g/mol. The van der Waals surface area contributed by atoms with E-state index in [1.165, 1.54) is 0 Å². The average molecular weight is 339 g/mol. The largest absolute Gasteiger partial charge is 0.480 e. The molecule has 2 aliphatic rings. The molecule has 0 bridgehead atoms. The van der Waals surface area contributed by atoms with E-state index in [9.17, 15) is 9.59 Å². The van der Waals surface area contributed by atoms with Crippen LogP contribution in [0, 0.1) is 11.3 Å². The third-order valence-electron chi connectivity index (χ3n) is 5.72. The highest BCUT2D eigenvalue weighted by Crippen LogP contribution is 2.38. The molecule has 0 aromatic heterocycles. The summed E-state index contributed by atoms with van der Waals surface area (Å²) in [5, 5.41) is 15.1. The standard InChI is InChI=1S/C18H33N3O3/c1-5-21(11-16(22)23)14-8-13(9-14)19-17(24)20-15-6-7-18(3,4)10-12(15)2/h12-15H,5-11H2,1-4H3,(H,22,23)(H2,19,20,24). The van der Waals surface area contributed by atoms with Gasteiger partial charge < -0.3 is 15.7 Å². The Hall–Kier alpha value is -1.30. The molecule has 0 radical (unpaired) electrons. The molecule has 0 heterocycles. The summed E-state index contributed by atoms with van der Waals surface area (Å²) in [6.07, 6.45) is 5.00. The van der Waals surface area contributed by atoms with Crippen molar-refractivity contribution in [1.29, 1.82) is 0 Å². The number of carboxylic acids is 1. The highest BCUT2D eigenvalue weighted by molar-refractivity contribution is 5.74. The molecule has 0 saturated heterocycles. The molecule has 2 aliphatic carbocycles. The monoisotopic (exact) mass is 339 g/mol. The Morgan fingerprint density at radius 3 is 2.46 bits per heavy atom. The number of urea groups is 1. The van der Waals surface area contributed by atoms with Gasteiger partial charge in [0, 0.05) is 18.1 Å². The number of aliphatic carboxylic acids is 1. The van der Waals surface area contributed by atoms with E-state index in [-0.39, 0.29) is 30.7 Å². The number of nitrogens with zero attached hydrogens (tertiary/aromatic N) is 1. The van der Waals surface area contributed by atoms with Gasteiger partial charge in [-0.15, -0.1) is 0 Å². The van der Waals surface area contributed by atoms with Crippen LogP contribution in [0.4, 0.5) is 4.79 Å². The van der Waals surface area contributed by atoms with Gasteiger partial charge in [-0.2, -0.15) is 0 Å². The van der Waals surface area contributed by atoms with Crippen LogP contribution in [-0.2, 0) is 4.79 Å². The Labute approximate surface area is 145 Å². The Morgan fingerprint density at radius 2 is 1.92 bits per heavy atom. The number of nitrogens with one attached hydrogen (secondary N) is 2. The highest BCUT2D eigenvalue weighted by Gasteiger charge is 2.36. The van der Waals surface area contributed by atoms with Crippen molar-refractivity contribution < 1.29 is 14.7 Å². The van der Waals surface area contributed by atoms with Gasteiger partial charge >= 0.3 is 12.0 Å². The van der Waals surface area contributed by atoms with E-state index in [2.05, 4.69) is 31.4 Å². The van der Waals surface area contributed by atoms with Crippen LogP contribution >= 0.6 is 0 Å². The summed E-state index contributed by atoms with van der Waals surface area (Å²) < 4.78 is 0. The van der Waals surface area contributed by atoms with Gasteiger partial charge in [-0.05, 0) is 50.0 Å². The van der Waals surface area contributed by atoms with Gasteiger partial charge in [-0.25, -0.2) is 4.79 Å². The van der Waals surface area contributed by atoms with Crippen molar-refractivity contribution in [3.63, 3.8) is 0 Å². The second-order valence-electron chi connectivity index (χ2n) is 8.39. The molecule has 2 fully saturated rings. The number of hydrogen-bond donors (Lipinski definition) is 3. The molecule has 2 amide bonds. The molecule has 2 unspecified atom stereocenters. The zero-order valence-corrected chi connectivity index (χ0v) is 15.5.